The minimum absolute atomic E-state index is 0.0671. The Hall–Kier alpha value is -1.11. The van der Waals surface area contributed by atoms with Gasteiger partial charge < -0.3 is 14.4 Å². The van der Waals surface area contributed by atoms with Gasteiger partial charge in [0.2, 0.25) is 5.91 Å². The summed E-state index contributed by atoms with van der Waals surface area (Å²) >= 11 is 3.43. The Morgan fingerprint density at radius 1 is 0.426 bits per heavy atom. The summed E-state index contributed by atoms with van der Waals surface area (Å²) in [5.74, 6) is 1.03. The molecular weight excluding hydrogens is 738 g/mol. The first-order valence-electron chi connectivity index (χ1n) is 23.6. The van der Waals surface area contributed by atoms with Gasteiger partial charge in [0.25, 0.3) is 0 Å². The Bertz CT molecular complexity index is 781. The summed E-state index contributed by atoms with van der Waals surface area (Å²) in [6.07, 6.45) is 37.1. The first-order valence-corrected chi connectivity index (χ1v) is 24.7. The number of hydrogen-bond donors (Lipinski definition) is 0. The molecule has 0 aliphatic heterocycles. The number of nitrogens with zero attached hydrogens (tertiary/aromatic N) is 1. The van der Waals surface area contributed by atoms with Crippen molar-refractivity contribution in [1.29, 1.82) is 0 Å². The molecule has 0 heterocycles. The molecule has 0 saturated heterocycles. The maximum atomic E-state index is 12.8. The molecule has 0 aliphatic carbocycles. The maximum Gasteiger partial charge on any atom is 0.305 e. The van der Waals surface area contributed by atoms with E-state index < -0.39 is 0 Å². The molecule has 7 heteroatoms. The molecule has 0 saturated carbocycles. The van der Waals surface area contributed by atoms with Crippen molar-refractivity contribution in [2.75, 3.05) is 31.6 Å². The van der Waals surface area contributed by atoms with Crippen LogP contribution in [0, 0.1) is 11.8 Å². The molecule has 320 valence electrons. The molecule has 0 spiro atoms. The summed E-state index contributed by atoms with van der Waals surface area (Å²) in [5.41, 5.74) is 0. The molecular formula is C47H90BrNO5. The number of carbonyl (C=O) groups excluding carboxylic acids is 3. The van der Waals surface area contributed by atoms with Gasteiger partial charge in [0.15, 0.2) is 0 Å². The molecule has 2 atom stereocenters. The fourth-order valence-electron chi connectivity index (χ4n) is 7.43. The van der Waals surface area contributed by atoms with Gasteiger partial charge in [-0.25, -0.2) is 0 Å². The summed E-state index contributed by atoms with van der Waals surface area (Å²) in [6, 6.07) is 0. The smallest absolute Gasteiger partial charge is 0.305 e. The highest BCUT2D eigenvalue weighted by atomic mass is 79.9. The molecule has 6 nitrogen and oxygen atoms in total. The van der Waals surface area contributed by atoms with Crippen LogP contribution in [-0.4, -0.2) is 54.4 Å². The van der Waals surface area contributed by atoms with Crippen LogP contribution in [0.4, 0.5) is 0 Å². The van der Waals surface area contributed by atoms with Gasteiger partial charge in [0, 0.05) is 37.7 Å². The van der Waals surface area contributed by atoms with Gasteiger partial charge in [0.05, 0.1) is 13.2 Å². The molecule has 0 bridgehead atoms. The van der Waals surface area contributed by atoms with E-state index >= 15 is 0 Å². The summed E-state index contributed by atoms with van der Waals surface area (Å²) in [6.45, 7) is 11.6. The third-order valence-electron chi connectivity index (χ3n) is 11.1. The predicted molar refractivity (Wildman–Crippen MR) is 234 cm³/mol. The second-order valence-corrected chi connectivity index (χ2v) is 17.1. The highest BCUT2D eigenvalue weighted by Crippen LogP contribution is 2.21. The van der Waals surface area contributed by atoms with Crippen molar-refractivity contribution in [3.05, 3.63) is 0 Å². The second kappa shape index (κ2) is 41.5. The Labute approximate surface area is 344 Å². The molecule has 0 aromatic rings. The van der Waals surface area contributed by atoms with Crippen LogP contribution in [0.1, 0.15) is 240 Å². The number of rotatable bonds is 42. The third kappa shape index (κ3) is 35.3. The molecule has 0 N–H and O–H groups in total. The number of carbonyl (C=O) groups is 3. The van der Waals surface area contributed by atoms with Crippen LogP contribution in [0.15, 0.2) is 0 Å². The van der Waals surface area contributed by atoms with Crippen LogP contribution in [0.5, 0.6) is 0 Å². The van der Waals surface area contributed by atoms with Gasteiger partial charge in [-0.3, -0.25) is 14.4 Å². The highest BCUT2D eigenvalue weighted by molar-refractivity contribution is 9.09. The quantitative estimate of drug-likeness (QED) is 0.0348. The van der Waals surface area contributed by atoms with Gasteiger partial charge in [0.1, 0.15) is 0 Å². The summed E-state index contributed by atoms with van der Waals surface area (Å²) in [4.78, 5) is 40.0. The van der Waals surface area contributed by atoms with E-state index in [2.05, 4.69) is 43.6 Å². The first kappa shape index (κ1) is 52.9. The Morgan fingerprint density at radius 3 is 1.09 bits per heavy atom. The fourth-order valence-corrected chi connectivity index (χ4v) is 7.77. The van der Waals surface area contributed by atoms with Crippen molar-refractivity contribution in [3.8, 4) is 0 Å². The highest BCUT2D eigenvalue weighted by Gasteiger charge is 2.16. The summed E-state index contributed by atoms with van der Waals surface area (Å²) in [7, 11) is 0. The lowest BCUT2D eigenvalue weighted by Gasteiger charge is -2.22. The normalized spacial score (nSPS) is 12.5. The third-order valence-corrected chi connectivity index (χ3v) is 11.5. The molecule has 1 amide bonds. The molecule has 2 unspecified atom stereocenters. The van der Waals surface area contributed by atoms with Crippen LogP contribution in [0.25, 0.3) is 0 Å². The molecule has 0 aromatic heterocycles. The van der Waals surface area contributed by atoms with E-state index in [4.69, 9.17) is 9.47 Å². The van der Waals surface area contributed by atoms with E-state index in [0.29, 0.717) is 49.6 Å². The van der Waals surface area contributed by atoms with Crippen molar-refractivity contribution in [1.82, 2.24) is 4.90 Å². The molecule has 0 rings (SSSR count). The fraction of sp³-hybridized carbons (Fsp3) is 0.936. The lowest BCUT2D eigenvalue weighted by atomic mass is 9.95. The predicted octanol–water partition coefficient (Wildman–Crippen LogP) is 14.5. The van der Waals surface area contributed by atoms with Gasteiger partial charge in [-0.1, -0.05) is 185 Å². The van der Waals surface area contributed by atoms with Crippen LogP contribution >= 0.6 is 15.9 Å². The van der Waals surface area contributed by atoms with Crippen LogP contribution in [-0.2, 0) is 23.9 Å². The van der Waals surface area contributed by atoms with Crippen molar-refractivity contribution >= 4 is 33.8 Å². The number of unbranched alkanes of at least 4 members (excludes halogenated alkanes) is 20. The topological polar surface area (TPSA) is 72.9 Å². The van der Waals surface area contributed by atoms with Crippen molar-refractivity contribution in [2.24, 2.45) is 11.8 Å². The van der Waals surface area contributed by atoms with Crippen LogP contribution in [0.2, 0.25) is 0 Å². The van der Waals surface area contributed by atoms with E-state index in [0.717, 1.165) is 51.6 Å². The van der Waals surface area contributed by atoms with E-state index in [-0.39, 0.29) is 17.8 Å². The van der Waals surface area contributed by atoms with Gasteiger partial charge in [-0.2, -0.15) is 0 Å². The maximum absolute atomic E-state index is 12.8. The Kier molecular flexibility index (Phi) is 40.7. The van der Waals surface area contributed by atoms with Crippen molar-refractivity contribution < 1.29 is 23.9 Å². The molecule has 54 heavy (non-hydrogen) atoms. The number of alkyl halides is 1. The van der Waals surface area contributed by atoms with E-state index in [1.165, 1.54) is 154 Å². The number of ether oxygens (including phenoxy) is 2. The van der Waals surface area contributed by atoms with Crippen LogP contribution in [0.3, 0.4) is 0 Å². The Morgan fingerprint density at radius 2 is 0.741 bits per heavy atom. The Balaban J connectivity index is 4.43. The monoisotopic (exact) mass is 828 g/mol. The number of amides is 1. The molecule has 0 aliphatic rings. The number of halogens is 1. The van der Waals surface area contributed by atoms with Gasteiger partial charge in [-0.05, 0) is 63.2 Å². The molecule has 0 fully saturated rings. The number of hydrogen-bond acceptors (Lipinski definition) is 5. The average molecular weight is 829 g/mol. The lowest BCUT2D eigenvalue weighted by Crippen LogP contribution is -2.33. The second-order valence-electron chi connectivity index (χ2n) is 16.4. The van der Waals surface area contributed by atoms with Crippen molar-refractivity contribution in [3.63, 3.8) is 0 Å². The molecule has 0 aromatic carbocycles. The zero-order chi connectivity index (χ0) is 39.7. The SMILES string of the molecule is CCCCCCCCC(CCCCCC)COC(=O)CCCCCN(CCCCCC(=O)OCC(CCCCCC)CCCCCCCC)C(=O)CCBr. The largest absolute Gasteiger partial charge is 0.465 e. The van der Waals surface area contributed by atoms with E-state index in [1.807, 2.05) is 4.90 Å². The molecule has 0 radical (unpaired) electrons. The van der Waals surface area contributed by atoms with Gasteiger partial charge in [-0.15, -0.1) is 0 Å². The average Bonchev–Trinajstić information content (AvgIpc) is 3.17. The standard InChI is InChI=1S/C47H90BrNO5/c1-5-9-13-17-19-25-33-43(31-23-15-11-7-3)41-53-46(51)35-27-21-29-39-49(45(50)37-38-48)40-30-22-28-36-47(52)54-42-44(32-24-16-12-8-4)34-26-20-18-14-10-6-2/h43-44H,5-42H2,1-4H3. The zero-order valence-corrected chi connectivity index (χ0v) is 38.0. The summed E-state index contributed by atoms with van der Waals surface area (Å²) < 4.78 is 11.6. The first-order chi connectivity index (χ1) is 26.4. The zero-order valence-electron chi connectivity index (χ0n) is 36.4. The van der Waals surface area contributed by atoms with E-state index in [1.54, 1.807) is 0 Å². The minimum atomic E-state index is -0.0671. The van der Waals surface area contributed by atoms with Gasteiger partial charge >= 0.3 is 11.9 Å². The minimum Gasteiger partial charge on any atom is -0.465 e. The van der Waals surface area contributed by atoms with E-state index in [9.17, 15) is 14.4 Å². The summed E-state index contributed by atoms with van der Waals surface area (Å²) in [5, 5.41) is 0.664. The van der Waals surface area contributed by atoms with Crippen LogP contribution < -0.4 is 0 Å². The lowest BCUT2D eigenvalue weighted by molar-refractivity contribution is -0.146. The number of esters is 2. The van der Waals surface area contributed by atoms with Crippen molar-refractivity contribution in [2.45, 2.75) is 240 Å².